The summed E-state index contributed by atoms with van der Waals surface area (Å²) < 4.78 is 46.8. The number of aromatic nitrogens is 1. The molecule has 0 radical (unpaired) electrons. The van der Waals surface area contributed by atoms with Crippen LogP contribution in [0.2, 0.25) is 0 Å². The van der Waals surface area contributed by atoms with Crippen molar-refractivity contribution in [1.82, 2.24) is 13.8 Å². The predicted molar refractivity (Wildman–Crippen MR) is 124 cm³/mol. The summed E-state index contributed by atoms with van der Waals surface area (Å²) in [5, 5.41) is 3.74. The molecule has 0 saturated carbocycles. The van der Waals surface area contributed by atoms with E-state index in [2.05, 4.69) is 14.8 Å². The van der Waals surface area contributed by atoms with E-state index in [0.29, 0.717) is 5.69 Å². The first-order valence-electron chi connectivity index (χ1n) is 10.7. The second kappa shape index (κ2) is 10.0. The number of hydrogen-bond donors (Lipinski definition) is 1. The standard InChI is InChI=1S/C23H27FN4O4S/c1-26(33(30,31)21-5-2-19(24)3-6-21)17-23(29)25-20-4-7-22-18(16-20)8-9-28(22)11-10-27-12-14-32-15-13-27/h2-9,16H,10-15,17H2,1H3,(H,25,29). The highest BCUT2D eigenvalue weighted by molar-refractivity contribution is 7.89. The van der Waals surface area contributed by atoms with Crippen LogP contribution in [0.4, 0.5) is 10.1 Å². The third-order valence-electron chi connectivity index (χ3n) is 5.70. The number of nitrogens with one attached hydrogen (secondary N) is 1. The molecule has 0 unspecified atom stereocenters. The van der Waals surface area contributed by atoms with Crippen molar-refractivity contribution in [1.29, 1.82) is 0 Å². The van der Waals surface area contributed by atoms with Crippen LogP contribution in [0.25, 0.3) is 10.9 Å². The van der Waals surface area contributed by atoms with E-state index in [-0.39, 0.29) is 11.4 Å². The minimum atomic E-state index is -3.90. The molecule has 4 rings (SSSR count). The van der Waals surface area contributed by atoms with E-state index in [4.69, 9.17) is 4.74 Å². The van der Waals surface area contributed by atoms with Crippen molar-refractivity contribution in [2.45, 2.75) is 11.4 Å². The highest BCUT2D eigenvalue weighted by atomic mass is 32.2. The van der Waals surface area contributed by atoms with Crippen LogP contribution in [0.3, 0.4) is 0 Å². The van der Waals surface area contributed by atoms with Crippen molar-refractivity contribution >= 4 is 32.5 Å². The van der Waals surface area contributed by atoms with Crippen molar-refractivity contribution in [3.05, 3.63) is 60.5 Å². The molecule has 176 valence electrons. The number of likely N-dealkylation sites (N-methyl/N-ethyl adjacent to an activating group) is 1. The minimum absolute atomic E-state index is 0.0703. The summed E-state index contributed by atoms with van der Waals surface area (Å²) in [6.07, 6.45) is 2.03. The van der Waals surface area contributed by atoms with Crippen LogP contribution < -0.4 is 5.32 Å². The zero-order valence-electron chi connectivity index (χ0n) is 18.4. The second-order valence-electron chi connectivity index (χ2n) is 8.00. The van der Waals surface area contributed by atoms with E-state index in [9.17, 15) is 17.6 Å². The first-order valence-corrected chi connectivity index (χ1v) is 12.2. The molecule has 1 N–H and O–H groups in total. The van der Waals surface area contributed by atoms with Gasteiger partial charge in [0.05, 0.1) is 24.7 Å². The monoisotopic (exact) mass is 474 g/mol. The average molecular weight is 475 g/mol. The van der Waals surface area contributed by atoms with Crippen molar-refractivity contribution in [2.75, 3.05) is 51.8 Å². The molecule has 8 nitrogen and oxygen atoms in total. The number of nitrogens with zero attached hydrogens (tertiary/aromatic N) is 3. The number of rotatable bonds is 8. The molecule has 2 aromatic carbocycles. The number of morpholine rings is 1. The SMILES string of the molecule is CN(CC(=O)Nc1ccc2c(ccn2CCN2CCOCC2)c1)S(=O)(=O)c1ccc(F)cc1. The Kier molecular flexibility index (Phi) is 7.08. The number of anilines is 1. The molecule has 0 atom stereocenters. The molecule has 1 aliphatic rings. The minimum Gasteiger partial charge on any atom is -0.379 e. The Morgan fingerprint density at radius 3 is 2.55 bits per heavy atom. The fraction of sp³-hybridized carbons (Fsp3) is 0.348. The molecule has 1 aliphatic heterocycles. The van der Waals surface area contributed by atoms with Crippen LogP contribution in [0.5, 0.6) is 0 Å². The van der Waals surface area contributed by atoms with Crippen molar-refractivity contribution < 1.29 is 22.3 Å². The number of sulfonamides is 1. The number of fused-ring (bicyclic) bond motifs is 1. The third kappa shape index (κ3) is 5.59. The van der Waals surface area contributed by atoms with Crippen LogP contribution in [-0.2, 0) is 26.1 Å². The molecular formula is C23H27FN4O4S. The Morgan fingerprint density at radius 1 is 1.09 bits per heavy atom. The number of hydrogen-bond acceptors (Lipinski definition) is 5. The van der Waals surface area contributed by atoms with Gasteiger partial charge in [-0.15, -0.1) is 0 Å². The van der Waals surface area contributed by atoms with E-state index < -0.39 is 21.7 Å². The molecule has 0 aliphatic carbocycles. The van der Waals surface area contributed by atoms with Gasteiger partial charge in [0.2, 0.25) is 15.9 Å². The van der Waals surface area contributed by atoms with Crippen molar-refractivity contribution in [3.63, 3.8) is 0 Å². The summed E-state index contributed by atoms with van der Waals surface area (Å²) in [5.74, 6) is -0.992. The lowest BCUT2D eigenvalue weighted by atomic mass is 10.2. The Hall–Kier alpha value is -2.79. The van der Waals surface area contributed by atoms with Gasteiger partial charge in [0.1, 0.15) is 5.82 Å². The van der Waals surface area contributed by atoms with Gasteiger partial charge in [0.25, 0.3) is 0 Å². The van der Waals surface area contributed by atoms with Crippen LogP contribution in [0.1, 0.15) is 0 Å². The van der Waals surface area contributed by atoms with E-state index in [1.165, 1.54) is 19.2 Å². The number of benzene rings is 2. The Morgan fingerprint density at radius 2 is 1.82 bits per heavy atom. The highest BCUT2D eigenvalue weighted by Gasteiger charge is 2.23. The van der Waals surface area contributed by atoms with Gasteiger partial charge in [0.15, 0.2) is 0 Å². The van der Waals surface area contributed by atoms with Gasteiger partial charge >= 0.3 is 0 Å². The van der Waals surface area contributed by atoms with Gasteiger partial charge in [-0.25, -0.2) is 12.8 Å². The summed E-state index contributed by atoms with van der Waals surface area (Å²) in [4.78, 5) is 14.8. The van der Waals surface area contributed by atoms with Gasteiger partial charge < -0.3 is 14.6 Å². The Bertz CT molecular complexity index is 1220. The van der Waals surface area contributed by atoms with Gasteiger partial charge in [-0.05, 0) is 48.5 Å². The fourth-order valence-electron chi connectivity index (χ4n) is 3.82. The summed E-state index contributed by atoms with van der Waals surface area (Å²) in [5.41, 5.74) is 1.66. The van der Waals surface area contributed by atoms with Gasteiger partial charge in [-0.2, -0.15) is 4.31 Å². The number of carbonyl (C=O) groups is 1. The maximum absolute atomic E-state index is 13.1. The Labute approximate surface area is 192 Å². The zero-order valence-corrected chi connectivity index (χ0v) is 19.2. The summed E-state index contributed by atoms with van der Waals surface area (Å²) in [6, 6.07) is 12.1. The van der Waals surface area contributed by atoms with E-state index >= 15 is 0 Å². The molecule has 1 amide bonds. The smallest absolute Gasteiger partial charge is 0.243 e. The lowest BCUT2D eigenvalue weighted by molar-refractivity contribution is -0.116. The molecule has 0 bridgehead atoms. The first-order chi connectivity index (χ1) is 15.8. The van der Waals surface area contributed by atoms with Crippen molar-refractivity contribution in [3.8, 4) is 0 Å². The fourth-order valence-corrected chi connectivity index (χ4v) is 4.95. The number of amides is 1. The third-order valence-corrected chi connectivity index (χ3v) is 7.52. The normalized spacial score (nSPS) is 15.2. The molecule has 3 aromatic rings. The maximum Gasteiger partial charge on any atom is 0.243 e. The number of ether oxygens (including phenoxy) is 1. The van der Waals surface area contributed by atoms with E-state index in [1.54, 1.807) is 6.07 Å². The van der Waals surface area contributed by atoms with Crippen LogP contribution in [0.15, 0.2) is 59.6 Å². The second-order valence-corrected chi connectivity index (χ2v) is 10.0. The number of carbonyl (C=O) groups excluding carboxylic acids is 1. The molecule has 33 heavy (non-hydrogen) atoms. The van der Waals surface area contributed by atoms with E-state index in [0.717, 1.165) is 66.7 Å². The molecule has 2 heterocycles. The van der Waals surface area contributed by atoms with Crippen LogP contribution >= 0.6 is 0 Å². The maximum atomic E-state index is 13.1. The molecule has 1 fully saturated rings. The topological polar surface area (TPSA) is 83.9 Å². The largest absolute Gasteiger partial charge is 0.379 e. The molecule has 1 aromatic heterocycles. The van der Waals surface area contributed by atoms with E-state index in [1.807, 2.05) is 24.4 Å². The van der Waals surface area contributed by atoms with Gasteiger partial charge in [-0.3, -0.25) is 9.69 Å². The molecule has 0 spiro atoms. The van der Waals surface area contributed by atoms with Gasteiger partial charge in [-0.1, -0.05) is 0 Å². The summed E-state index contributed by atoms with van der Waals surface area (Å²) in [6.45, 7) is 4.88. The molecular weight excluding hydrogens is 447 g/mol. The lowest BCUT2D eigenvalue weighted by Crippen LogP contribution is -2.38. The van der Waals surface area contributed by atoms with Crippen LogP contribution in [0, 0.1) is 5.82 Å². The highest BCUT2D eigenvalue weighted by Crippen LogP contribution is 2.21. The first kappa shape index (κ1) is 23.4. The average Bonchev–Trinajstić information content (AvgIpc) is 3.20. The zero-order chi connectivity index (χ0) is 23.4. The molecule has 1 saturated heterocycles. The van der Waals surface area contributed by atoms with Gasteiger partial charge in [0, 0.05) is 56.0 Å². The van der Waals surface area contributed by atoms with Crippen LogP contribution in [-0.4, -0.2) is 74.5 Å². The summed E-state index contributed by atoms with van der Waals surface area (Å²) in [7, 11) is -2.58. The number of halogens is 1. The predicted octanol–water partition coefficient (Wildman–Crippen LogP) is 2.37. The Balaban J connectivity index is 1.37. The van der Waals surface area contributed by atoms with Crippen molar-refractivity contribution in [2.24, 2.45) is 0 Å². The summed E-state index contributed by atoms with van der Waals surface area (Å²) >= 11 is 0. The quantitative estimate of drug-likeness (QED) is 0.542. The molecule has 10 heteroatoms. The lowest BCUT2D eigenvalue weighted by Gasteiger charge is -2.26.